The minimum Gasteiger partial charge on any atom is -0.497 e. The molecule has 2 aromatic rings. The van der Waals surface area contributed by atoms with Gasteiger partial charge in [-0.15, -0.1) is 0 Å². The van der Waals surface area contributed by atoms with E-state index in [4.69, 9.17) is 10.00 Å². The number of hydrogen-bond donors (Lipinski definition) is 2. The number of aliphatic hydroxyl groups excluding tert-OH is 1. The van der Waals surface area contributed by atoms with Gasteiger partial charge in [0, 0.05) is 12.1 Å². The summed E-state index contributed by atoms with van der Waals surface area (Å²) in [6, 6.07) is 17.4. The molecule has 2 aromatic carbocycles. The van der Waals surface area contributed by atoms with Crippen molar-refractivity contribution in [3.05, 3.63) is 65.2 Å². The molecule has 0 heterocycles. The van der Waals surface area contributed by atoms with Crippen LogP contribution in [0.15, 0.2) is 48.5 Å². The number of hydrogen-bond acceptors (Lipinski definition) is 4. The van der Waals surface area contributed by atoms with Crippen LogP contribution in [0.5, 0.6) is 5.75 Å². The van der Waals surface area contributed by atoms with Gasteiger partial charge in [-0.2, -0.15) is 5.26 Å². The van der Waals surface area contributed by atoms with Gasteiger partial charge >= 0.3 is 0 Å². The molecule has 0 saturated heterocycles. The van der Waals surface area contributed by atoms with Crippen LogP contribution in [0.4, 0.5) is 0 Å². The van der Waals surface area contributed by atoms with Crippen molar-refractivity contribution in [1.29, 1.82) is 5.26 Å². The van der Waals surface area contributed by atoms with Crippen molar-refractivity contribution in [2.24, 2.45) is 0 Å². The smallest absolute Gasteiger partial charge is 0.118 e. The summed E-state index contributed by atoms with van der Waals surface area (Å²) in [4.78, 5) is 0. The summed E-state index contributed by atoms with van der Waals surface area (Å²) in [6.07, 6.45) is 3.92. The lowest BCUT2D eigenvalue weighted by atomic mass is 9.87. The van der Waals surface area contributed by atoms with Gasteiger partial charge in [-0.1, -0.05) is 37.1 Å². The van der Waals surface area contributed by atoms with Crippen LogP contribution in [-0.4, -0.2) is 18.8 Å². The van der Waals surface area contributed by atoms with Crippen molar-refractivity contribution in [3.63, 3.8) is 0 Å². The van der Waals surface area contributed by atoms with Crippen molar-refractivity contribution in [3.8, 4) is 11.8 Å². The molecule has 0 radical (unpaired) electrons. The molecule has 0 spiro atoms. The van der Waals surface area contributed by atoms with Gasteiger partial charge in [0.1, 0.15) is 5.75 Å². The summed E-state index contributed by atoms with van der Waals surface area (Å²) in [6.45, 7) is 0.484. The quantitative estimate of drug-likeness (QED) is 0.845. The van der Waals surface area contributed by atoms with E-state index in [0.29, 0.717) is 12.1 Å². The second-order valence-electron chi connectivity index (χ2n) is 6.65. The average molecular weight is 336 g/mol. The van der Waals surface area contributed by atoms with Crippen molar-refractivity contribution in [1.82, 2.24) is 5.32 Å². The third-order valence-corrected chi connectivity index (χ3v) is 5.16. The molecule has 0 amide bonds. The highest BCUT2D eigenvalue weighted by molar-refractivity contribution is 5.34. The van der Waals surface area contributed by atoms with E-state index in [9.17, 15) is 5.11 Å². The Morgan fingerprint density at radius 2 is 1.76 bits per heavy atom. The topological polar surface area (TPSA) is 65.3 Å². The fourth-order valence-electron chi connectivity index (χ4n) is 3.65. The summed E-state index contributed by atoms with van der Waals surface area (Å²) in [5.74, 6) is 0.856. The molecule has 3 rings (SSSR count). The summed E-state index contributed by atoms with van der Waals surface area (Å²) >= 11 is 0. The van der Waals surface area contributed by atoms with Crippen molar-refractivity contribution in [2.75, 3.05) is 13.7 Å². The van der Waals surface area contributed by atoms with E-state index in [-0.39, 0.29) is 5.54 Å². The fraction of sp³-hybridized carbons (Fsp3) is 0.381. The van der Waals surface area contributed by atoms with Gasteiger partial charge in [0.05, 0.1) is 24.8 Å². The van der Waals surface area contributed by atoms with Gasteiger partial charge in [-0.05, 0) is 48.2 Å². The van der Waals surface area contributed by atoms with Crippen LogP contribution in [0.1, 0.15) is 48.5 Å². The van der Waals surface area contributed by atoms with Crippen molar-refractivity contribution >= 4 is 0 Å². The van der Waals surface area contributed by atoms with E-state index in [1.807, 2.05) is 24.3 Å². The zero-order chi connectivity index (χ0) is 17.7. The molecule has 25 heavy (non-hydrogen) atoms. The van der Waals surface area contributed by atoms with E-state index in [0.717, 1.165) is 24.2 Å². The van der Waals surface area contributed by atoms with E-state index in [1.54, 1.807) is 19.2 Å². The Kier molecular flexibility index (Phi) is 5.37. The normalized spacial score (nSPS) is 17.0. The molecule has 1 atom stereocenters. The highest BCUT2D eigenvalue weighted by Gasteiger charge is 2.35. The second kappa shape index (κ2) is 7.69. The van der Waals surface area contributed by atoms with Gasteiger partial charge < -0.3 is 15.2 Å². The maximum absolute atomic E-state index is 10.5. The Hall–Kier alpha value is -2.35. The monoisotopic (exact) mass is 336 g/mol. The molecule has 0 aromatic heterocycles. The lowest BCUT2D eigenvalue weighted by Crippen LogP contribution is -2.42. The second-order valence-corrected chi connectivity index (χ2v) is 6.65. The molecule has 4 heteroatoms. The van der Waals surface area contributed by atoms with Crippen LogP contribution in [0.2, 0.25) is 0 Å². The number of ether oxygens (including phenoxy) is 1. The number of nitrogens with zero attached hydrogens (tertiary/aromatic N) is 1. The Morgan fingerprint density at radius 3 is 2.32 bits per heavy atom. The van der Waals surface area contributed by atoms with Crippen molar-refractivity contribution in [2.45, 2.75) is 37.3 Å². The summed E-state index contributed by atoms with van der Waals surface area (Å²) in [5, 5.41) is 23.0. The maximum Gasteiger partial charge on any atom is 0.118 e. The van der Waals surface area contributed by atoms with Gasteiger partial charge in [0.2, 0.25) is 0 Å². The molecule has 4 nitrogen and oxygen atoms in total. The van der Waals surface area contributed by atoms with Crippen LogP contribution < -0.4 is 10.1 Å². The standard InChI is InChI=1S/C21H24N2O2/c1-25-19-10-8-18(9-11-19)21(12-2-3-13-21)23-15-20(24)17-6-4-16(14-22)5-7-17/h4-11,20,23-24H,2-3,12-13,15H2,1H3. The minimum absolute atomic E-state index is 0.0835. The van der Waals surface area contributed by atoms with Crippen LogP contribution in [0, 0.1) is 11.3 Å². The largest absolute Gasteiger partial charge is 0.497 e. The summed E-state index contributed by atoms with van der Waals surface area (Å²) in [5.41, 5.74) is 2.60. The third-order valence-electron chi connectivity index (χ3n) is 5.16. The number of nitrogens with one attached hydrogen (secondary N) is 1. The van der Waals surface area contributed by atoms with E-state index >= 15 is 0 Å². The molecule has 1 unspecified atom stereocenters. The van der Waals surface area contributed by atoms with E-state index in [2.05, 4.69) is 23.5 Å². The van der Waals surface area contributed by atoms with Crippen LogP contribution in [-0.2, 0) is 5.54 Å². The Labute approximate surface area is 149 Å². The highest BCUT2D eigenvalue weighted by Crippen LogP contribution is 2.39. The molecule has 1 aliphatic carbocycles. The molecular weight excluding hydrogens is 312 g/mol. The van der Waals surface area contributed by atoms with Gasteiger partial charge in [-0.25, -0.2) is 0 Å². The van der Waals surface area contributed by atoms with Crippen LogP contribution in [0.3, 0.4) is 0 Å². The number of benzene rings is 2. The van der Waals surface area contributed by atoms with Gasteiger partial charge in [0.15, 0.2) is 0 Å². The first-order valence-electron chi connectivity index (χ1n) is 8.74. The summed E-state index contributed by atoms with van der Waals surface area (Å²) in [7, 11) is 1.67. The van der Waals surface area contributed by atoms with Gasteiger partial charge in [-0.3, -0.25) is 0 Å². The average Bonchev–Trinajstić information content (AvgIpc) is 3.16. The molecule has 1 aliphatic rings. The molecule has 0 aliphatic heterocycles. The molecular formula is C21H24N2O2. The third kappa shape index (κ3) is 3.84. The molecule has 130 valence electrons. The molecule has 2 N–H and O–H groups in total. The first-order chi connectivity index (χ1) is 12.2. The van der Waals surface area contributed by atoms with E-state index in [1.165, 1.54) is 18.4 Å². The predicted molar refractivity (Wildman–Crippen MR) is 97.3 cm³/mol. The first-order valence-corrected chi connectivity index (χ1v) is 8.74. The Balaban J connectivity index is 1.71. The molecule has 1 fully saturated rings. The predicted octanol–water partition coefficient (Wildman–Crippen LogP) is 3.66. The molecule has 0 bridgehead atoms. The van der Waals surface area contributed by atoms with Gasteiger partial charge in [0.25, 0.3) is 0 Å². The SMILES string of the molecule is COc1ccc(C2(NCC(O)c3ccc(C#N)cc3)CCCC2)cc1. The fourth-order valence-corrected chi connectivity index (χ4v) is 3.65. The number of aliphatic hydroxyl groups is 1. The molecule has 1 saturated carbocycles. The summed E-state index contributed by atoms with van der Waals surface area (Å²) < 4.78 is 5.26. The number of rotatable bonds is 6. The Bertz CT molecular complexity index is 726. The van der Waals surface area contributed by atoms with Crippen LogP contribution >= 0.6 is 0 Å². The highest BCUT2D eigenvalue weighted by atomic mass is 16.5. The maximum atomic E-state index is 10.5. The Morgan fingerprint density at radius 1 is 1.12 bits per heavy atom. The number of nitriles is 1. The first kappa shape index (κ1) is 17.5. The van der Waals surface area contributed by atoms with E-state index < -0.39 is 6.10 Å². The van der Waals surface area contributed by atoms with Crippen LogP contribution in [0.25, 0.3) is 0 Å². The zero-order valence-electron chi connectivity index (χ0n) is 14.5. The lowest BCUT2D eigenvalue weighted by molar-refractivity contribution is 0.155. The lowest BCUT2D eigenvalue weighted by Gasteiger charge is -2.32. The number of methoxy groups -OCH3 is 1. The zero-order valence-corrected chi connectivity index (χ0v) is 14.5. The minimum atomic E-state index is -0.594. The van der Waals surface area contributed by atoms with Crippen molar-refractivity contribution < 1.29 is 9.84 Å².